The van der Waals surface area contributed by atoms with Crippen molar-refractivity contribution in [1.82, 2.24) is 0 Å². The van der Waals surface area contributed by atoms with Crippen molar-refractivity contribution in [1.29, 1.82) is 0 Å². The second kappa shape index (κ2) is 9.12. The highest BCUT2D eigenvalue weighted by Crippen LogP contribution is 2.42. The van der Waals surface area contributed by atoms with Crippen molar-refractivity contribution in [3.05, 3.63) is 58.6 Å². The third kappa shape index (κ3) is 6.86. The highest BCUT2D eigenvalue weighted by atomic mass is 79.9. The van der Waals surface area contributed by atoms with E-state index in [9.17, 15) is 17.2 Å². The fourth-order valence-electron chi connectivity index (χ4n) is 2.45. The first-order chi connectivity index (χ1) is 12.6. The summed E-state index contributed by atoms with van der Waals surface area (Å²) in [7, 11) is -2.37. The Balaban J connectivity index is 0.000000199. The first kappa shape index (κ1) is 21.8. The Bertz CT molecular complexity index is 829. The van der Waals surface area contributed by atoms with Crippen molar-refractivity contribution in [2.75, 3.05) is 13.7 Å². The van der Waals surface area contributed by atoms with Gasteiger partial charge in [0.05, 0.1) is 18.6 Å². The molecule has 2 aromatic carbocycles. The highest BCUT2D eigenvalue weighted by molar-refractivity contribution is 9.10. The van der Waals surface area contributed by atoms with Crippen molar-refractivity contribution >= 4 is 26.0 Å². The molecule has 1 aliphatic rings. The van der Waals surface area contributed by atoms with Crippen LogP contribution in [-0.4, -0.2) is 28.1 Å². The summed E-state index contributed by atoms with van der Waals surface area (Å²) >= 11 is 3.31. The Morgan fingerprint density at radius 1 is 1.07 bits per heavy atom. The quantitative estimate of drug-likeness (QED) is 0.572. The molecule has 0 heterocycles. The summed E-state index contributed by atoms with van der Waals surface area (Å²) in [6.07, 6.45) is -0.0763. The molecule has 148 valence electrons. The largest absolute Gasteiger partial charge is 0.493 e. The van der Waals surface area contributed by atoms with E-state index >= 15 is 0 Å². The van der Waals surface area contributed by atoms with E-state index in [1.165, 1.54) is 12.1 Å². The zero-order valence-electron chi connectivity index (χ0n) is 15.0. The monoisotopic (exact) mass is 462 g/mol. The molecule has 3 rings (SSSR count). The first-order valence-corrected chi connectivity index (χ1v) is 10.4. The molecule has 0 saturated heterocycles. The summed E-state index contributed by atoms with van der Waals surface area (Å²) in [5.74, 6) is -1.72. The van der Waals surface area contributed by atoms with E-state index in [0.29, 0.717) is 6.61 Å². The Morgan fingerprint density at radius 2 is 1.63 bits per heavy atom. The number of benzene rings is 2. The van der Waals surface area contributed by atoms with Gasteiger partial charge in [-0.3, -0.25) is 4.18 Å². The number of hydrogen-bond donors (Lipinski definition) is 0. The van der Waals surface area contributed by atoms with Crippen molar-refractivity contribution < 1.29 is 26.1 Å². The maximum atomic E-state index is 12.5. The Morgan fingerprint density at radius 3 is 2.11 bits per heavy atom. The summed E-state index contributed by atoms with van der Waals surface area (Å²) in [5.41, 5.74) is 1.02. The molecular weight excluding hydrogens is 442 g/mol. The van der Waals surface area contributed by atoms with Gasteiger partial charge in [-0.15, -0.1) is 0 Å². The molecule has 1 fully saturated rings. The van der Waals surface area contributed by atoms with E-state index in [0.717, 1.165) is 22.9 Å². The minimum Gasteiger partial charge on any atom is -0.493 e. The normalized spacial score (nSPS) is 16.0. The highest BCUT2D eigenvalue weighted by Gasteiger charge is 2.45. The van der Waals surface area contributed by atoms with Gasteiger partial charge < -0.3 is 4.74 Å². The van der Waals surface area contributed by atoms with Gasteiger partial charge in [-0.25, -0.2) is 8.78 Å². The van der Waals surface area contributed by atoms with Crippen molar-refractivity contribution in [2.24, 2.45) is 5.92 Å². The number of rotatable bonds is 5. The van der Waals surface area contributed by atoms with Crippen LogP contribution in [0.5, 0.6) is 5.75 Å². The van der Waals surface area contributed by atoms with E-state index in [1.807, 2.05) is 31.2 Å². The molecular formula is C19H21BrF2O4S. The van der Waals surface area contributed by atoms with Gasteiger partial charge in [0.1, 0.15) is 5.75 Å². The van der Waals surface area contributed by atoms with E-state index < -0.39 is 16.0 Å². The molecule has 0 radical (unpaired) electrons. The zero-order valence-corrected chi connectivity index (χ0v) is 17.4. The van der Waals surface area contributed by atoms with Gasteiger partial charge in [-0.05, 0) is 43.3 Å². The summed E-state index contributed by atoms with van der Waals surface area (Å²) in [6, 6.07) is 13.9. The van der Waals surface area contributed by atoms with E-state index in [1.54, 1.807) is 12.1 Å². The second-order valence-electron chi connectivity index (χ2n) is 6.33. The molecule has 0 atom stereocenters. The smallest absolute Gasteiger partial charge is 0.296 e. The van der Waals surface area contributed by atoms with Crippen molar-refractivity contribution in [3.63, 3.8) is 0 Å². The molecule has 0 aromatic heterocycles. The van der Waals surface area contributed by atoms with E-state index in [4.69, 9.17) is 4.74 Å². The standard InChI is InChI=1S/C11H11BrF2O.C8H10O3S/c12-9-1-3-10(4-2-9)15-7-8-5-11(13,14)6-8;1-7-3-5-8(6-4-7)12(9,10)11-2/h1-4,8H,5-7H2;3-6H,1-2H3. The van der Waals surface area contributed by atoms with Gasteiger partial charge in [0.25, 0.3) is 10.1 Å². The van der Waals surface area contributed by atoms with Crippen LogP contribution in [0.4, 0.5) is 8.78 Å². The van der Waals surface area contributed by atoms with Crippen LogP contribution in [0, 0.1) is 12.8 Å². The number of aryl methyl sites for hydroxylation is 1. The predicted octanol–water partition coefficient (Wildman–Crippen LogP) is 5.20. The van der Waals surface area contributed by atoms with Gasteiger partial charge >= 0.3 is 0 Å². The minimum absolute atomic E-state index is 0.00338. The Kier molecular flexibility index (Phi) is 7.36. The third-order valence-corrected chi connectivity index (χ3v) is 5.82. The SMILES string of the molecule is COS(=O)(=O)c1ccc(C)cc1.FC1(F)CC(COc2ccc(Br)cc2)C1. The summed E-state index contributed by atoms with van der Waals surface area (Å²) in [4.78, 5) is 0.190. The molecule has 4 nitrogen and oxygen atoms in total. The van der Waals surface area contributed by atoms with Gasteiger partial charge in [0, 0.05) is 23.2 Å². The maximum absolute atomic E-state index is 12.5. The summed E-state index contributed by atoms with van der Waals surface area (Å²) in [5, 5.41) is 0. The average Bonchev–Trinajstić information content (AvgIpc) is 2.60. The number of ether oxygens (including phenoxy) is 1. The molecule has 8 heteroatoms. The summed E-state index contributed by atoms with van der Waals surface area (Å²) in [6.45, 7) is 2.28. The fourth-order valence-corrected chi connectivity index (χ4v) is 3.38. The van der Waals surface area contributed by atoms with Crippen molar-refractivity contribution in [3.8, 4) is 5.75 Å². The van der Waals surface area contributed by atoms with Crippen LogP contribution in [0.3, 0.4) is 0 Å². The lowest BCUT2D eigenvalue weighted by Crippen LogP contribution is -2.38. The number of alkyl halides is 2. The van der Waals surface area contributed by atoms with Gasteiger partial charge in [-0.2, -0.15) is 8.42 Å². The Labute approximate surface area is 166 Å². The topological polar surface area (TPSA) is 52.6 Å². The molecule has 0 N–H and O–H groups in total. The van der Waals surface area contributed by atoms with E-state index in [-0.39, 0.29) is 23.7 Å². The number of hydrogen-bond acceptors (Lipinski definition) is 4. The first-order valence-electron chi connectivity index (χ1n) is 8.25. The minimum atomic E-state index is -3.51. The van der Waals surface area contributed by atoms with E-state index in [2.05, 4.69) is 20.1 Å². The predicted molar refractivity (Wildman–Crippen MR) is 103 cm³/mol. The molecule has 27 heavy (non-hydrogen) atoms. The molecule has 0 aliphatic heterocycles. The number of halogens is 3. The van der Waals surface area contributed by atoms with Crippen molar-refractivity contribution in [2.45, 2.75) is 30.6 Å². The average molecular weight is 463 g/mol. The lowest BCUT2D eigenvalue weighted by molar-refractivity contribution is -0.119. The molecule has 0 spiro atoms. The molecule has 0 bridgehead atoms. The van der Waals surface area contributed by atoms with Crippen LogP contribution < -0.4 is 4.74 Å². The van der Waals surface area contributed by atoms with Crippen LogP contribution in [0.15, 0.2) is 57.9 Å². The second-order valence-corrected chi connectivity index (χ2v) is 8.96. The molecule has 1 aliphatic carbocycles. The zero-order chi connectivity index (χ0) is 20.1. The lowest BCUT2D eigenvalue weighted by Gasteiger charge is -2.34. The van der Waals surface area contributed by atoms with Crippen LogP contribution in [0.2, 0.25) is 0 Å². The van der Waals surface area contributed by atoms with Crippen LogP contribution in [-0.2, 0) is 14.3 Å². The summed E-state index contributed by atoms with van der Waals surface area (Å²) < 4.78 is 57.9. The van der Waals surface area contributed by atoms with Crippen LogP contribution in [0.25, 0.3) is 0 Å². The maximum Gasteiger partial charge on any atom is 0.296 e. The molecule has 0 amide bonds. The molecule has 2 aromatic rings. The molecule has 1 saturated carbocycles. The Hall–Kier alpha value is -1.51. The fraction of sp³-hybridized carbons (Fsp3) is 0.368. The third-order valence-electron chi connectivity index (χ3n) is 4.00. The van der Waals surface area contributed by atoms with Crippen LogP contribution >= 0.6 is 15.9 Å². The van der Waals surface area contributed by atoms with Gasteiger partial charge in [0.15, 0.2) is 0 Å². The molecule has 0 unspecified atom stereocenters. The lowest BCUT2D eigenvalue weighted by atomic mass is 9.82. The van der Waals surface area contributed by atoms with Gasteiger partial charge in [-0.1, -0.05) is 33.6 Å². The van der Waals surface area contributed by atoms with Gasteiger partial charge in [0.2, 0.25) is 5.92 Å². The van der Waals surface area contributed by atoms with Crippen LogP contribution in [0.1, 0.15) is 18.4 Å².